The van der Waals surface area contributed by atoms with Gasteiger partial charge >= 0.3 is 6.18 Å². The van der Waals surface area contributed by atoms with Gasteiger partial charge < -0.3 is 21.5 Å². The molecule has 4 aromatic rings. The Bertz CT molecular complexity index is 1330. The Hall–Kier alpha value is -3.82. The smallest absolute Gasteiger partial charge is 0.383 e. The van der Waals surface area contributed by atoms with Crippen molar-refractivity contribution in [1.29, 1.82) is 0 Å². The first-order valence-corrected chi connectivity index (χ1v) is 11.3. The van der Waals surface area contributed by atoms with Gasteiger partial charge in [-0.3, -0.25) is 0 Å². The molecular formula is C26H23ClF3N5O. The largest absolute Gasteiger partial charge is 0.416 e. The van der Waals surface area contributed by atoms with Crippen molar-refractivity contribution in [2.24, 2.45) is 0 Å². The Balaban J connectivity index is 1.46. The molecule has 0 fully saturated rings. The summed E-state index contributed by atoms with van der Waals surface area (Å²) in [6, 6.07) is 20.1. The molecule has 0 saturated heterocycles. The highest BCUT2D eigenvalue weighted by Crippen LogP contribution is 2.31. The van der Waals surface area contributed by atoms with E-state index in [-0.39, 0.29) is 25.0 Å². The zero-order valence-electron chi connectivity index (χ0n) is 19.0. The molecule has 186 valence electrons. The fourth-order valence-electron chi connectivity index (χ4n) is 3.63. The maximum atomic E-state index is 13.0. The number of anilines is 3. The molecule has 10 heteroatoms. The number of alkyl halides is 3. The van der Waals surface area contributed by atoms with E-state index in [4.69, 9.17) is 27.8 Å². The van der Waals surface area contributed by atoms with Crippen molar-refractivity contribution >= 4 is 29.1 Å². The first-order valence-electron chi connectivity index (χ1n) is 10.9. The first-order chi connectivity index (χ1) is 17.2. The monoisotopic (exact) mass is 513 g/mol. The summed E-state index contributed by atoms with van der Waals surface area (Å²) in [5, 5.41) is 4.02. The number of ether oxygens (including phenoxy) is 1. The van der Waals surface area contributed by atoms with Crippen LogP contribution in [-0.2, 0) is 30.7 Å². The van der Waals surface area contributed by atoms with E-state index in [9.17, 15) is 13.2 Å². The number of aromatic nitrogens is 2. The molecule has 0 unspecified atom stereocenters. The van der Waals surface area contributed by atoms with E-state index in [1.807, 2.05) is 48.5 Å². The average molecular weight is 514 g/mol. The Morgan fingerprint density at radius 2 is 1.58 bits per heavy atom. The Labute approximate surface area is 211 Å². The third-order valence-corrected chi connectivity index (χ3v) is 5.63. The maximum Gasteiger partial charge on any atom is 0.416 e. The van der Waals surface area contributed by atoms with E-state index < -0.39 is 11.7 Å². The van der Waals surface area contributed by atoms with Crippen LogP contribution in [0.1, 0.15) is 22.4 Å². The Morgan fingerprint density at radius 3 is 2.28 bits per heavy atom. The first kappa shape index (κ1) is 25.3. The summed E-state index contributed by atoms with van der Waals surface area (Å²) in [6.45, 7) is 0.568. The lowest BCUT2D eigenvalue weighted by atomic mass is 10.0. The molecule has 0 spiro atoms. The number of nitrogen functional groups attached to an aromatic ring is 2. The second-order valence-electron chi connectivity index (χ2n) is 8.04. The van der Waals surface area contributed by atoms with Crippen LogP contribution < -0.4 is 16.8 Å². The van der Waals surface area contributed by atoms with Gasteiger partial charge in [-0.25, -0.2) is 4.98 Å². The molecule has 5 N–H and O–H groups in total. The van der Waals surface area contributed by atoms with E-state index in [0.717, 1.165) is 28.9 Å². The SMILES string of the molecule is Nc1nc(N)c(-c2ccc(NCc3ccc(Cl)cc3)cc2)c(COCc2cccc(C(F)(F)F)c2)n1. The van der Waals surface area contributed by atoms with Gasteiger partial charge in [0, 0.05) is 22.8 Å². The van der Waals surface area contributed by atoms with Gasteiger partial charge in [-0.2, -0.15) is 18.2 Å². The van der Waals surface area contributed by atoms with Gasteiger partial charge in [0.15, 0.2) is 0 Å². The lowest BCUT2D eigenvalue weighted by Gasteiger charge is -2.14. The molecule has 0 bridgehead atoms. The number of nitrogens with two attached hydrogens (primary N) is 2. The second-order valence-corrected chi connectivity index (χ2v) is 8.47. The fraction of sp³-hybridized carbons (Fsp3) is 0.154. The molecule has 1 aromatic heterocycles. The standard InChI is InChI=1S/C26H23ClF3N5O/c27-20-8-4-16(5-9-20)13-33-21-10-6-18(7-11-21)23-22(34-25(32)35-24(23)31)15-36-14-17-2-1-3-19(12-17)26(28,29)30/h1-12,33H,13-15H2,(H4,31,32,34,35). The number of hydrogen-bond acceptors (Lipinski definition) is 6. The zero-order chi connectivity index (χ0) is 25.7. The van der Waals surface area contributed by atoms with Crippen molar-refractivity contribution in [1.82, 2.24) is 9.97 Å². The zero-order valence-corrected chi connectivity index (χ0v) is 19.8. The molecule has 6 nitrogen and oxygen atoms in total. The Morgan fingerprint density at radius 1 is 0.861 bits per heavy atom. The molecule has 0 radical (unpaired) electrons. The number of rotatable bonds is 8. The van der Waals surface area contributed by atoms with Gasteiger partial charge in [0.25, 0.3) is 0 Å². The van der Waals surface area contributed by atoms with Crippen LogP contribution in [0.3, 0.4) is 0 Å². The highest BCUT2D eigenvalue weighted by atomic mass is 35.5. The van der Waals surface area contributed by atoms with E-state index in [1.165, 1.54) is 6.07 Å². The van der Waals surface area contributed by atoms with Gasteiger partial charge in [0.2, 0.25) is 5.95 Å². The van der Waals surface area contributed by atoms with Crippen molar-refractivity contribution in [2.75, 3.05) is 16.8 Å². The van der Waals surface area contributed by atoms with Crippen molar-refractivity contribution in [3.63, 3.8) is 0 Å². The molecule has 0 aliphatic heterocycles. The summed E-state index contributed by atoms with van der Waals surface area (Å²) in [7, 11) is 0. The van der Waals surface area contributed by atoms with Crippen LogP contribution in [0, 0.1) is 0 Å². The second kappa shape index (κ2) is 10.8. The summed E-state index contributed by atoms with van der Waals surface area (Å²) in [6.07, 6.45) is -4.42. The van der Waals surface area contributed by atoms with Crippen molar-refractivity contribution in [3.8, 4) is 11.1 Å². The number of halogens is 4. The summed E-state index contributed by atoms with van der Waals surface area (Å²) in [5.74, 6) is 0.164. The number of hydrogen-bond donors (Lipinski definition) is 3. The van der Waals surface area contributed by atoms with Crippen molar-refractivity contribution < 1.29 is 17.9 Å². The predicted molar refractivity (Wildman–Crippen MR) is 135 cm³/mol. The van der Waals surface area contributed by atoms with Crippen LogP contribution in [0.25, 0.3) is 11.1 Å². The van der Waals surface area contributed by atoms with Gasteiger partial charge in [0.05, 0.1) is 24.5 Å². The minimum absolute atomic E-state index is 0.0148. The van der Waals surface area contributed by atoms with E-state index in [2.05, 4.69) is 15.3 Å². The third-order valence-electron chi connectivity index (χ3n) is 5.37. The van der Waals surface area contributed by atoms with Gasteiger partial charge in [-0.1, -0.05) is 48.0 Å². The van der Waals surface area contributed by atoms with E-state index in [0.29, 0.717) is 28.4 Å². The molecule has 3 aromatic carbocycles. The summed E-state index contributed by atoms with van der Waals surface area (Å²) >= 11 is 5.93. The summed E-state index contributed by atoms with van der Waals surface area (Å²) in [5.41, 5.74) is 15.3. The molecular weight excluding hydrogens is 491 g/mol. The number of nitrogens with zero attached hydrogens (tertiary/aromatic N) is 2. The minimum atomic E-state index is -4.42. The molecule has 36 heavy (non-hydrogen) atoms. The maximum absolute atomic E-state index is 13.0. The number of benzene rings is 3. The fourth-order valence-corrected chi connectivity index (χ4v) is 3.76. The van der Waals surface area contributed by atoms with Crippen LogP contribution in [0.2, 0.25) is 5.02 Å². The lowest BCUT2D eigenvalue weighted by Crippen LogP contribution is -2.09. The van der Waals surface area contributed by atoms with Gasteiger partial charge in [-0.15, -0.1) is 0 Å². The Kier molecular flexibility index (Phi) is 7.61. The molecule has 4 rings (SSSR count). The molecule has 0 atom stereocenters. The molecule has 0 aliphatic carbocycles. The van der Waals surface area contributed by atoms with Crippen LogP contribution in [0.5, 0.6) is 0 Å². The van der Waals surface area contributed by atoms with Crippen LogP contribution >= 0.6 is 11.6 Å². The van der Waals surface area contributed by atoms with Crippen molar-refractivity contribution in [3.05, 3.63) is 100 Å². The highest BCUT2D eigenvalue weighted by Gasteiger charge is 2.30. The van der Waals surface area contributed by atoms with Crippen LogP contribution in [-0.4, -0.2) is 9.97 Å². The van der Waals surface area contributed by atoms with Gasteiger partial charge in [0.1, 0.15) is 5.82 Å². The molecule has 0 amide bonds. The van der Waals surface area contributed by atoms with Crippen LogP contribution in [0.4, 0.5) is 30.6 Å². The van der Waals surface area contributed by atoms with E-state index >= 15 is 0 Å². The van der Waals surface area contributed by atoms with Crippen LogP contribution in [0.15, 0.2) is 72.8 Å². The quantitative estimate of drug-likeness (QED) is 0.255. The minimum Gasteiger partial charge on any atom is -0.383 e. The summed E-state index contributed by atoms with van der Waals surface area (Å²) in [4.78, 5) is 8.32. The molecule has 0 aliphatic rings. The van der Waals surface area contributed by atoms with Gasteiger partial charge in [-0.05, 0) is 53.1 Å². The summed E-state index contributed by atoms with van der Waals surface area (Å²) < 4.78 is 44.6. The average Bonchev–Trinajstić information content (AvgIpc) is 2.84. The number of nitrogens with one attached hydrogen (secondary N) is 1. The third kappa shape index (κ3) is 6.44. The normalized spacial score (nSPS) is 11.4. The topological polar surface area (TPSA) is 99.1 Å². The predicted octanol–water partition coefficient (Wildman–Crippen LogP) is 6.31. The lowest BCUT2D eigenvalue weighted by molar-refractivity contribution is -0.137. The van der Waals surface area contributed by atoms with E-state index in [1.54, 1.807) is 6.07 Å². The highest BCUT2D eigenvalue weighted by molar-refractivity contribution is 6.30. The van der Waals surface area contributed by atoms with Crippen molar-refractivity contribution in [2.45, 2.75) is 25.9 Å². The molecule has 1 heterocycles. The molecule has 0 saturated carbocycles.